The standard InChI is InChI=1S/C18H17BrOS/c1-11(2)12-6-8-13(9-7-12)17(20)15-10-21-18-14(15)4-3-5-16(18)19/h3-11,17,20H,1-2H3. The summed E-state index contributed by atoms with van der Waals surface area (Å²) in [4.78, 5) is 0. The molecule has 108 valence electrons. The van der Waals surface area contributed by atoms with Crippen LogP contribution in [0.2, 0.25) is 0 Å². The van der Waals surface area contributed by atoms with E-state index in [1.54, 1.807) is 11.3 Å². The lowest BCUT2D eigenvalue weighted by Crippen LogP contribution is -1.99. The maximum absolute atomic E-state index is 10.7. The van der Waals surface area contributed by atoms with Crippen molar-refractivity contribution in [1.82, 2.24) is 0 Å². The van der Waals surface area contributed by atoms with Crippen LogP contribution in [-0.2, 0) is 0 Å². The van der Waals surface area contributed by atoms with Gasteiger partial charge in [0.25, 0.3) is 0 Å². The third-order valence-electron chi connectivity index (χ3n) is 3.80. The van der Waals surface area contributed by atoms with E-state index in [4.69, 9.17) is 0 Å². The van der Waals surface area contributed by atoms with Gasteiger partial charge in [-0.15, -0.1) is 11.3 Å². The van der Waals surface area contributed by atoms with E-state index < -0.39 is 6.10 Å². The van der Waals surface area contributed by atoms with E-state index in [0.29, 0.717) is 5.92 Å². The van der Waals surface area contributed by atoms with Gasteiger partial charge in [0.05, 0.1) is 0 Å². The molecule has 3 aromatic rings. The molecule has 2 aromatic carbocycles. The van der Waals surface area contributed by atoms with Crippen LogP contribution < -0.4 is 0 Å². The quantitative estimate of drug-likeness (QED) is 0.619. The van der Waals surface area contributed by atoms with Crippen molar-refractivity contribution >= 4 is 37.4 Å². The van der Waals surface area contributed by atoms with Gasteiger partial charge in [0.2, 0.25) is 0 Å². The first-order valence-corrected chi connectivity index (χ1v) is 8.68. The highest BCUT2D eigenvalue weighted by atomic mass is 79.9. The molecule has 0 spiro atoms. The number of rotatable bonds is 3. The van der Waals surface area contributed by atoms with Crippen LogP contribution in [0, 0.1) is 0 Å². The van der Waals surface area contributed by atoms with Crippen LogP contribution in [0.1, 0.15) is 42.6 Å². The Labute approximate surface area is 137 Å². The Balaban J connectivity index is 2.00. The fraction of sp³-hybridized carbons (Fsp3) is 0.222. The largest absolute Gasteiger partial charge is 0.384 e. The summed E-state index contributed by atoms with van der Waals surface area (Å²) in [6.07, 6.45) is -0.575. The van der Waals surface area contributed by atoms with Crippen LogP contribution in [0.3, 0.4) is 0 Å². The van der Waals surface area contributed by atoms with Crippen LogP contribution in [-0.4, -0.2) is 5.11 Å². The van der Waals surface area contributed by atoms with E-state index in [-0.39, 0.29) is 0 Å². The first-order valence-electron chi connectivity index (χ1n) is 7.01. The molecule has 0 saturated heterocycles. The van der Waals surface area contributed by atoms with Gasteiger partial charge in [-0.05, 0) is 49.8 Å². The van der Waals surface area contributed by atoms with Gasteiger partial charge >= 0.3 is 0 Å². The molecule has 0 aliphatic carbocycles. The van der Waals surface area contributed by atoms with Gasteiger partial charge in [-0.1, -0.05) is 50.2 Å². The molecule has 1 aromatic heterocycles. The second-order valence-corrected chi connectivity index (χ2v) is 7.27. The molecule has 1 N–H and O–H groups in total. The molecule has 0 aliphatic heterocycles. The lowest BCUT2D eigenvalue weighted by molar-refractivity contribution is 0.222. The molecule has 0 saturated carbocycles. The Kier molecular flexibility index (Phi) is 4.16. The molecule has 0 bridgehead atoms. The van der Waals surface area contributed by atoms with Crippen LogP contribution in [0.25, 0.3) is 10.1 Å². The van der Waals surface area contributed by atoms with E-state index in [9.17, 15) is 5.11 Å². The van der Waals surface area contributed by atoms with Gasteiger partial charge < -0.3 is 5.11 Å². The monoisotopic (exact) mass is 360 g/mol. The molecule has 0 fully saturated rings. The maximum atomic E-state index is 10.7. The Morgan fingerprint density at radius 1 is 1.00 bits per heavy atom. The number of thiophene rings is 1. The van der Waals surface area contributed by atoms with E-state index >= 15 is 0 Å². The van der Waals surface area contributed by atoms with Gasteiger partial charge in [0, 0.05) is 14.7 Å². The molecule has 0 aliphatic rings. The fourth-order valence-electron chi connectivity index (χ4n) is 2.50. The number of hydrogen-bond donors (Lipinski definition) is 1. The van der Waals surface area contributed by atoms with E-state index in [0.717, 1.165) is 21.0 Å². The van der Waals surface area contributed by atoms with Crippen molar-refractivity contribution in [3.63, 3.8) is 0 Å². The van der Waals surface area contributed by atoms with Gasteiger partial charge in [-0.2, -0.15) is 0 Å². The SMILES string of the molecule is CC(C)c1ccc(C(O)c2csc3c(Br)cccc23)cc1. The van der Waals surface area contributed by atoms with E-state index in [1.807, 2.05) is 24.3 Å². The van der Waals surface area contributed by atoms with Crippen LogP contribution >= 0.6 is 27.3 Å². The minimum Gasteiger partial charge on any atom is -0.384 e. The number of fused-ring (bicyclic) bond motifs is 1. The van der Waals surface area contributed by atoms with Crippen LogP contribution in [0.4, 0.5) is 0 Å². The molecule has 0 amide bonds. The summed E-state index contributed by atoms with van der Waals surface area (Å²) in [7, 11) is 0. The molecule has 3 rings (SSSR count). The molecule has 1 nitrogen and oxygen atoms in total. The highest BCUT2D eigenvalue weighted by Crippen LogP contribution is 2.37. The average molecular weight is 361 g/mol. The zero-order valence-corrected chi connectivity index (χ0v) is 14.4. The summed E-state index contributed by atoms with van der Waals surface area (Å²) in [5.41, 5.74) is 3.22. The van der Waals surface area contributed by atoms with Crippen LogP contribution in [0.5, 0.6) is 0 Å². The molecular weight excluding hydrogens is 344 g/mol. The summed E-state index contributed by atoms with van der Waals surface area (Å²) in [6, 6.07) is 14.4. The van der Waals surface area contributed by atoms with Crippen molar-refractivity contribution in [2.75, 3.05) is 0 Å². The summed E-state index contributed by atoms with van der Waals surface area (Å²) in [5.74, 6) is 0.508. The van der Waals surface area contributed by atoms with Gasteiger partial charge in [0.15, 0.2) is 0 Å². The molecule has 21 heavy (non-hydrogen) atoms. The maximum Gasteiger partial charge on any atom is 0.105 e. The third-order valence-corrected chi connectivity index (χ3v) is 5.77. The number of aliphatic hydroxyl groups is 1. The second kappa shape index (κ2) is 5.91. The molecule has 1 unspecified atom stereocenters. The summed E-state index contributed by atoms with van der Waals surface area (Å²) in [6.45, 7) is 4.35. The molecule has 0 radical (unpaired) electrons. The van der Waals surface area contributed by atoms with Crippen molar-refractivity contribution in [3.8, 4) is 0 Å². The highest BCUT2D eigenvalue weighted by Gasteiger charge is 2.16. The fourth-order valence-corrected chi connectivity index (χ4v) is 4.14. The summed E-state index contributed by atoms with van der Waals surface area (Å²) >= 11 is 5.23. The van der Waals surface area contributed by atoms with Crippen molar-refractivity contribution < 1.29 is 5.11 Å². The Morgan fingerprint density at radius 3 is 2.33 bits per heavy atom. The first kappa shape index (κ1) is 14.8. The van der Waals surface area contributed by atoms with Crippen molar-refractivity contribution in [2.24, 2.45) is 0 Å². The lowest BCUT2D eigenvalue weighted by atomic mass is 9.97. The zero-order valence-electron chi connectivity index (χ0n) is 12.0. The zero-order chi connectivity index (χ0) is 15.0. The predicted molar refractivity (Wildman–Crippen MR) is 94.1 cm³/mol. The van der Waals surface area contributed by atoms with Gasteiger partial charge in [0.1, 0.15) is 6.10 Å². The lowest BCUT2D eigenvalue weighted by Gasteiger charge is -2.12. The average Bonchev–Trinajstić information content (AvgIpc) is 2.92. The van der Waals surface area contributed by atoms with Crippen molar-refractivity contribution in [1.29, 1.82) is 0 Å². The first-order chi connectivity index (χ1) is 10.1. The summed E-state index contributed by atoms with van der Waals surface area (Å²) in [5, 5.41) is 13.9. The Bertz CT molecular complexity index is 758. The van der Waals surface area contributed by atoms with Crippen molar-refractivity contribution in [3.05, 3.63) is 69.0 Å². The number of halogens is 1. The Morgan fingerprint density at radius 2 is 1.67 bits per heavy atom. The topological polar surface area (TPSA) is 20.2 Å². The molecular formula is C18H17BrOS. The second-order valence-electron chi connectivity index (χ2n) is 5.53. The smallest absolute Gasteiger partial charge is 0.105 e. The van der Waals surface area contributed by atoms with E-state index in [2.05, 4.69) is 53.4 Å². The van der Waals surface area contributed by atoms with Crippen LogP contribution in [0.15, 0.2) is 52.3 Å². The number of aliphatic hydroxyl groups excluding tert-OH is 1. The van der Waals surface area contributed by atoms with E-state index in [1.165, 1.54) is 10.3 Å². The van der Waals surface area contributed by atoms with Crippen molar-refractivity contribution in [2.45, 2.75) is 25.9 Å². The minimum atomic E-state index is -0.575. The number of hydrogen-bond acceptors (Lipinski definition) is 2. The molecule has 1 atom stereocenters. The normalized spacial score (nSPS) is 13.0. The number of benzene rings is 2. The minimum absolute atomic E-state index is 0.508. The van der Waals surface area contributed by atoms with Gasteiger partial charge in [-0.25, -0.2) is 0 Å². The Hall–Kier alpha value is -1.16. The third kappa shape index (κ3) is 2.78. The van der Waals surface area contributed by atoms with Gasteiger partial charge in [-0.3, -0.25) is 0 Å². The molecule has 3 heteroatoms. The highest BCUT2D eigenvalue weighted by molar-refractivity contribution is 9.10. The predicted octanol–water partition coefficient (Wildman–Crippen LogP) is 5.87. The molecule has 1 heterocycles. The summed E-state index contributed by atoms with van der Waals surface area (Å²) < 4.78 is 2.27.